The molecule has 1 aliphatic rings. The lowest BCUT2D eigenvalue weighted by molar-refractivity contribution is -0.125. The maximum atomic E-state index is 9.31. The summed E-state index contributed by atoms with van der Waals surface area (Å²) in [5, 5.41) is 48.1. The number of aliphatic hydroxyl groups is 5. The fraction of sp³-hybridized carbons (Fsp3) is 1.00. The molecule has 0 aromatic carbocycles. The zero-order chi connectivity index (χ0) is 10.0. The van der Waals surface area contributed by atoms with Crippen molar-refractivity contribution in [1.29, 1.82) is 0 Å². The minimum atomic E-state index is -1.34. The van der Waals surface area contributed by atoms with Gasteiger partial charge in [-0.3, -0.25) is 0 Å². The predicted octanol–water partition coefficient (Wildman–Crippen LogP) is -3.61. The number of nitrogens with one attached hydrogen (secondary N) is 1. The van der Waals surface area contributed by atoms with Crippen LogP contribution in [0.4, 0.5) is 0 Å². The first kappa shape index (κ1) is 10.8. The van der Waals surface area contributed by atoms with Crippen molar-refractivity contribution in [2.24, 2.45) is 0 Å². The minimum absolute atomic E-state index is 0.360. The van der Waals surface area contributed by atoms with Crippen LogP contribution in [-0.4, -0.2) is 69.1 Å². The van der Waals surface area contributed by atoms with Crippen molar-refractivity contribution in [2.45, 2.75) is 30.4 Å². The molecule has 6 heteroatoms. The van der Waals surface area contributed by atoms with Crippen LogP contribution in [0.3, 0.4) is 0 Å². The molecule has 6 nitrogen and oxygen atoms in total. The summed E-state index contributed by atoms with van der Waals surface area (Å²) in [5.41, 5.74) is 0. The first-order chi connectivity index (χ1) is 6.11. The Morgan fingerprint density at radius 3 is 1.46 bits per heavy atom. The van der Waals surface area contributed by atoms with E-state index in [1.165, 1.54) is 0 Å². The van der Waals surface area contributed by atoms with Gasteiger partial charge < -0.3 is 30.8 Å². The third kappa shape index (κ3) is 1.98. The molecule has 1 saturated heterocycles. The van der Waals surface area contributed by atoms with Gasteiger partial charge in [-0.2, -0.15) is 0 Å². The molecule has 5 atom stereocenters. The van der Waals surface area contributed by atoms with Crippen molar-refractivity contribution in [2.75, 3.05) is 13.2 Å². The largest absolute Gasteiger partial charge is 0.395 e. The van der Waals surface area contributed by atoms with E-state index in [4.69, 9.17) is 10.2 Å². The van der Waals surface area contributed by atoms with Gasteiger partial charge in [0.05, 0.1) is 37.5 Å². The molecule has 1 rings (SSSR count). The van der Waals surface area contributed by atoms with Gasteiger partial charge in [-0.15, -0.1) is 0 Å². The highest BCUT2D eigenvalue weighted by Gasteiger charge is 2.41. The Kier molecular flexibility index (Phi) is 3.60. The Morgan fingerprint density at radius 1 is 0.769 bits per heavy atom. The Hall–Kier alpha value is -0.240. The van der Waals surface area contributed by atoms with Crippen molar-refractivity contribution in [3.8, 4) is 0 Å². The number of piperidine rings is 1. The van der Waals surface area contributed by atoms with E-state index in [2.05, 4.69) is 5.32 Å². The molecule has 1 aliphatic heterocycles. The molecular weight excluding hydrogens is 178 g/mol. The molecular formula is C7H15NO5. The molecule has 0 saturated carbocycles. The van der Waals surface area contributed by atoms with Gasteiger partial charge in [-0.05, 0) is 0 Å². The summed E-state index contributed by atoms with van der Waals surface area (Å²) in [6.07, 6.45) is -3.78. The zero-order valence-corrected chi connectivity index (χ0v) is 7.04. The van der Waals surface area contributed by atoms with Crippen LogP contribution in [0.1, 0.15) is 0 Å². The highest BCUT2D eigenvalue weighted by Crippen LogP contribution is 2.14. The monoisotopic (exact) mass is 193 g/mol. The van der Waals surface area contributed by atoms with Crippen molar-refractivity contribution < 1.29 is 25.5 Å². The van der Waals surface area contributed by atoms with E-state index in [0.717, 1.165) is 0 Å². The maximum absolute atomic E-state index is 9.31. The standard InChI is InChI=1S/C7H15NO5/c9-1-3-5(11)7(13)6(12)4(2-10)8-3/h3-13H,1-2H2/t3-,4+,5-,6-,7+/m0/s1. The second-order valence-electron chi connectivity index (χ2n) is 3.22. The van der Waals surface area contributed by atoms with E-state index < -0.39 is 30.4 Å². The zero-order valence-electron chi connectivity index (χ0n) is 7.04. The molecule has 0 radical (unpaired) electrons. The van der Waals surface area contributed by atoms with Crippen molar-refractivity contribution in [1.82, 2.24) is 5.32 Å². The maximum Gasteiger partial charge on any atom is 0.109 e. The van der Waals surface area contributed by atoms with Crippen molar-refractivity contribution in [3.05, 3.63) is 0 Å². The summed E-state index contributed by atoms with van der Waals surface area (Å²) < 4.78 is 0. The van der Waals surface area contributed by atoms with Crippen LogP contribution >= 0.6 is 0 Å². The van der Waals surface area contributed by atoms with E-state index in [9.17, 15) is 15.3 Å². The number of hydrogen-bond donors (Lipinski definition) is 6. The van der Waals surface area contributed by atoms with Crippen LogP contribution in [0.5, 0.6) is 0 Å². The molecule has 1 heterocycles. The van der Waals surface area contributed by atoms with Gasteiger partial charge in [0.25, 0.3) is 0 Å². The molecule has 1 fully saturated rings. The number of aliphatic hydroxyl groups excluding tert-OH is 5. The third-order valence-electron chi connectivity index (χ3n) is 2.35. The fourth-order valence-electron chi connectivity index (χ4n) is 1.47. The van der Waals surface area contributed by atoms with Crippen LogP contribution in [0.15, 0.2) is 0 Å². The predicted molar refractivity (Wildman–Crippen MR) is 42.9 cm³/mol. The van der Waals surface area contributed by atoms with Crippen LogP contribution in [0, 0.1) is 0 Å². The molecule has 0 aromatic rings. The second kappa shape index (κ2) is 4.32. The van der Waals surface area contributed by atoms with E-state index in [0.29, 0.717) is 0 Å². The van der Waals surface area contributed by atoms with E-state index in [1.807, 2.05) is 0 Å². The summed E-state index contributed by atoms with van der Waals surface area (Å²) in [4.78, 5) is 0. The van der Waals surface area contributed by atoms with E-state index >= 15 is 0 Å². The molecule has 0 unspecified atom stereocenters. The molecule has 78 valence electrons. The van der Waals surface area contributed by atoms with Gasteiger partial charge in [0.15, 0.2) is 0 Å². The van der Waals surface area contributed by atoms with E-state index in [1.54, 1.807) is 0 Å². The van der Waals surface area contributed by atoms with Crippen LogP contribution in [0.25, 0.3) is 0 Å². The average Bonchev–Trinajstić information content (AvgIpc) is 2.15. The lowest BCUT2D eigenvalue weighted by Gasteiger charge is -2.40. The molecule has 0 spiro atoms. The summed E-state index contributed by atoms with van der Waals surface area (Å²) in [6, 6.07) is -1.42. The number of hydrogen-bond acceptors (Lipinski definition) is 6. The molecule has 13 heavy (non-hydrogen) atoms. The molecule has 0 aromatic heterocycles. The third-order valence-corrected chi connectivity index (χ3v) is 2.35. The topological polar surface area (TPSA) is 113 Å². The highest BCUT2D eigenvalue weighted by atomic mass is 16.4. The number of rotatable bonds is 2. The Morgan fingerprint density at radius 2 is 1.15 bits per heavy atom. The second-order valence-corrected chi connectivity index (χ2v) is 3.22. The SMILES string of the molecule is OC[C@@H]1N[C@H](CO)[C@H](O)[C@H](O)[C@H]1O. The van der Waals surface area contributed by atoms with Crippen LogP contribution < -0.4 is 5.32 Å². The van der Waals surface area contributed by atoms with Gasteiger partial charge in [0.2, 0.25) is 0 Å². The van der Waals surface area contributed by atoms with E-state index in [-0.39, 0.29) is 13.2 Å². The molecule has 0 amide bonds. The first-order valence-corrected chi connectivity index (χ1v) is 4.13. The molecule has 0 aliphatic carbocycles. The average molecular weight is 193 g/mol. The van der Waals surface area contributed by atoms with Crippen LogP contribution in [-0.2, 0) is 0 Å². The smallest absolute Gasteiger partial charge is 0.109 e. The normalized spacial score (nSPS) is 46.4. The van der Waals surface area contributed by atoms with Gasteiger partial charge in [0.1, 0.15) is 6.10 Å². The fourth-order valence-corrected chi connectivity index (χ4v) is 1.47. The Balaban J connectivity index is 2.66. The first-order valence-electron chi connectivity index (χ1n) is 4.13. The molecule has 6 N–H and O–H groups in total. The summed E-state index contributed by atoms with van der Waals surface area (Å²) >= 11 is 0. The Bertz CT molecular complexity index is 147. The van der Waals surface area contributed by atoms with Gasteiger partial charge in [0, 0.05) is 0 Å². The summed E-state index contributed by atoms with van der Waals surface area (Å²) in [7, 11) is 0. The van der Waals surface area contributed by atoms with Crippen LogP contribution in [0.2, 0.25) is 0 Å². The van der Waals surface area contributed by atoms with Crippen molar-refractivity contribution in [3.63, 3.8) is 0 Å². The highest BCUT2D eigenvalue weighted by molar-refractivity contribution is 4.97. The quantitative estimate of drug-likeness (QED) is 0.270. The Labute approximate surface area is 75.4 Å². The molecule has 0 bridgehead atoms. The van der Waals surface area contributed by atoms with Crippen molar-refractivity contribution >= 4 is 0 Å². The van der Waals surface area contributed by atoms with Gasteiger partial charge in [-0.25, -0.2) is 0 Å². The summed E-state index contributed by atoms with van der Waals surface area (Å²) in [5.74, 6) is 0. The lowest BCUT2D eigenvalue weighted by atomic mass is 9.91. The van der Waals surface area contributed by atoms with Gasteiger partial charge >= 0.3 is 0 Å². The lowest BCUT2D eigenvalue weighted by Crippen LogP contribution is -2.66. The van der Waals surface area contributed by atoms with Gasteiger partial charge in [-0.1, -0.05) is 0 Å². The minimum Gasteiger partial charge on any atom is -0.395 e. The summed E-state index contributed by atoms with van der Waals surface area (Å²) in [6.45, 7) is -0.719.